The zero-order chi connectivity index (χ0) is 24.2. The van der Waals surface area contributed by atoms with E-state index >= 15 is 0 Å². The molecular weight excluding hydrogens is 486 g/mol. The molecule has 1 amide bonds. The van der Waals surface area contributed by atoms with Gasteiger partial charge in [0, 0.05) is 16.4 Å². The van der Waals surface area contributed by atoms with Crippen molar-refractivity contribution in [1.82, 2.24) is 0 Å². The van der Waals surface area contributed by atoms with Gasteiger partial charge in [-0.1, -0.05) is 29.8 Å². The van der Waals surface area contributed by atoms with Gasteiger partial charge in [-0.3, -0.25) is 13.8 Å². The van der Waals surface area contributed by atoms with Crippen molar-refractivity contribution in [3.8, 4) is 0 Å². The van der Waals surface area contributed by atoms with Gasteiger partial charge < -0.3 is 5.32 Å². The van der Waals surface area contributed by atoms with E-state index in [-0.39, 0.29) is 10.6 Å². The van der Waals surface area contributed by atoms with Crippen molar-refractivity contribution in [2.24, 2.45) is 0 Å². The number of sulfonamides is 2. The summed E-state index contributed by atoms with van der Waals surface area (Å²) in [7, 11) is -7.59. The molecule has 0 radical (unpaired) electrons. The van der Waals surface area contributed by atoms with Crippen LogP contribution in [0.5, 0.6) is 0 Å². The van der Waals surface area contributed by atoms with Crippen molar-refractivity contribution >= 4 is 54.6 Å². The third-order valence-corrected chi connectivity index (χ3v) is 7.52. The second-order valence-electron chi connectivity index (χ2n) is 7.20. The molecule has 8 nitrogen and oxygen atoms in total. The van der Waals surface area contributed by atoms with Crippen molar-refractivity contribution in [3.05, 3.63) is 83.9 Å². The number of anilines is 3. The van der Waals surface area contributed by atoms with Gasteiger partial charge in [-0.05, 0) is 67.6 Å². The van der Waals surface area contributed by atoms with Gasteiger partial charge >= 0.3 is 0 Å². The van der Waals surface area contributed by atoms with E-state index in [0.717, 1.165) is 10.6 Å². The van der Waals surface area contributed by atoms with Gasteiger partial charge in [0.05, 0.1) is 16.8 Å². The Bertz CT molecular complexity index is 1330. The Labute approximate surface area is 198 Å². The number of carbonyl (C=O) groups is 1. The lowest BCUT2D eigenvalue weighted by molar-refractivity contribution is -0.116. The van der Waals surface area contributed by atoms with E-state index in [4.69, 9.17) is 11.6 Å². The fraction of sp³-hybridized carbons (Fsp3) is 0.136. The van der Waals surface area contributed by atoms with Crippen LogP contribution in [0, 0.1) is 0 Å². The molecule has 0 spiro atoms. The number of hydrogen-bond donors (Lipinski definition) is 2. The molecule has 3 rings (SSSR count). The fourth-order valence-corrected chi connectivity index (χ4v) is 5.44. The summed E-state index contributed by atoms with van der Waals surface area (Å²) in [5.41, 5.74) is 1.03. The number of benzene rings is 3. The van der Waals surface area contributed by atoms with Crippen LogP contribution in [-0.4, -0.2) is 35.0 Å². The number of amides is 1. The molecule has 0 saturated heterocycles. The van der Waals surface area contributed by atoms with Crippen molar-refractivity contribution in [2.45, 2.75) is 17.9 Å². The molecule has 3 aromatic carbocycles. The number of carbonyl (C=O) groups excluding carboxylic acids is 1. The Morgan fingerprint density at radius 3 is 1.97 bits per heavy atom. The topological polar surface area (TPSA) is 113 Å². The first-order valence-corrected chi connectivity index (χ1v) is 13.4. The van der Waals surface area contributed by atoms with Crippen molar-refractivity contribution in [1.29, 1.82) is 0 Å². The predicted molar refractivity (Wildman–Crippen MR) is 131 cm³/mol. The molecule has 0 aliphatic rings. The van der Waals surface area contributed by atoms with Crippen LogP contribution in [0.15, 0.2) is 83.8 Å². The average Bonchev–Trinajstić information content (AvgIpc) is 2.75. The zero-order valence-corrected chi connectivity index (χ0v) is 20.2. The van der Waals surface area contributed by atoms with Crippen LogP contribution in [0.3, 0.4) is 0 Å². The van der Waals surface area contributed by atoms with Gasteiger partial charge in [-0.25, -0.2) is 16.8 Å². The summed E-state index contributed by atoms with van der Waals surface area (Å²) >= 11 is 5.88. The Hall–Kier alpha value is -3.08. The van der Waals surface area contributed by atoms with Gasteiger partial charge in [0.25, 0.3) is 10.0 Å². The van der Waals surface area contributed by atoms with Gasteiger partial charge in [0.1, 0.15) is 6.04 Å². The monoisotopic (exact) mass is 507 g/mol. The van der Waals surface area contributed by atoms with E-state index in [0.29, 0.717) is 16.4 Å². The molecule has 0 fully saturated rings. The number of rotatable bonds is 8. The van der Waals surface area contributed by atoms with E-state index in [2.05, 4.69) is 10.0 Å². The molecule has 3 aromatic rings. The molecule has 0 aliphatic carbocycles. The summed E-state index contributed by atoms with van der Waals surface area (Å²) in [5, 5.41) is 3.05. The zero-order valence-electron chi connectivity index (χ0n) is 17.8. The highest BCUT2D eigenvalue weighted by atomic mass is 35.5. The Balaban J connectivity index is 1.76. The smallest absolute Gasteiger partial charge is 0.261 e. The average molecular weight is 508 g/mol. The minimum atomic E-state index is -3.81. The summed E-state index contributed by atoms with van der Waals surface area (Å²) in [5.74, 6) is -0.589. The lowest BCUT2D eigenvalue weighted by Crippen LogP contribution is -2.45. The number of hydrogen-bond acceptors (Lipinski definition) is 5. The third-order valence-electron chi connectivity index (χ3n) is 4.63. The normalized spacial score (nSPS) is 12.6. The molecule has 1 atom stereocenters. The second-order valence-corrected chi connectivity index (χ2v) is 11.2. The lowest BCUT2D eigenvalue weighted by Gasteiger charge is -2.28. The van der Waals surface area contributed by atoms with Gasteiger partial charge in [0.15, 0.2) is 0 Å². The number of halogens is 1. The molecule has 0 saturated carbocycles. The predicted octanol–water partition coefficient (Wildman–Crippen LogP) is 3.93. The highest BCUT2D eigenvalue weighted by Crippen LogP contribution is 2.24. The lowest BCUT2D eigenvalue weighted by atomic mass is 10.2. The van der Waals surface area contributed by atoms with E-state index in [1.54, 1.807) is 30.3 Å². The Kier molecular flexibility index (Phi) is 7.31. The van der Waals surface area contributed by atoms with Gasteiger partial charge in [0.2, 0.25) is 15.9 Å². The molecule has 174 valence electrons. The van der Waals surface area contributed by atoms with E-state index in [1.165, 1.54) is 55.5 Å². The molecular formula is C22H22ClN3O5S2. The molecule has 33 heavy (non-hydrogen) atoms. The van der Waals surface area contributed by atoms with E-state index in [1.807, 2.05) is 0 Å². The highest BCUT2D eigenvalue weighted by molar-refractivity contribution is 7.92. The van der Waals surface area contributed by atoms with Crippen LogP contribution < -0.4 is 14.3 Å². The second kappa shape index (κ2) is 9.82. The summed E-state index contributed by atoms with van der Waals surface area (Å²) in [4.78, 5) is 12.8. The van der Waals surface area contributed by atoms with Gasteiger partial charge in [-0.2, -0.15) is 0 Å². The van der Waals surface area contributed by atoms with Crippen molar-refractivity contribution in [3.63, 3.8) is 0 Å². The van der Waals surface area contributed by atoms with Crippen LogP contribution in [0.4, 0.5) is 17.1 Å². The maximum absolute atomic E-state index is 12.8. The van der Waals surface area contributed by atoms with Crippen molar-refractivity contribution in [2.75, 3.05) is 20.6 Å². The largest absolute Gasteiger partial charge is 0.324 e. The minimum Gasteiger partial charge on any atom is -0.324 e. The van der Waals surface area contributed by atoms with E-state index < -0.39 is 32.0 Å². The number of nitrogens with zero attached hydrogens (tertiary/aromatic N) is 1. The molecule has 11 heteroatoms. The van der Waals surface area contributed by atoms with Crippen LogP contribution in [-0.2, 0) is 24.8 Å². The molecule has 1 unspecified atom stereocenters. The molecule has 0 aromatic heterocycles. The first kappa shape index (κ1) is 24.6. The molecule has 0 aliphatic heterocycles. The maximum Gasteiger partial charge on any atom is 0.261 e. The summed E-state index contributed by atoms with van der Waals surface area (Å²) < 4.78 is 53.3. The Morgan fingerprint density at radius 1 is 0.848 bits per heavy atom. The first-order valence-electron chi connectivity index (χ1n) is 9.71. The fourth-order valence-electron chi connectivity index (χ4n) is 3.08. The minimum absolute atomic E-state index is 0.0105. The number of nitrogens with one attached hydrogen (secondary N) is 2. The first-order chi connectivity index (χ1) is 15.5. The van der Waals surface area contributed by atoms with Crippen LogP contribution >= 0.6 is 11.6 Å². The van der Waals surface area contributed by atoms with Gasteiger partial charge in [-0.15, -0.1) is 0 Å². The summed E-state index contributed by atoms with van der Waals surface area (Å²) in [6.45, 7) is 1.45. The Morgan fingerprint density at radius 2 is 1.42 bits per heavy atom. The van der Waals surface area contributed by atoms with E-state index in [9.17, 15) is 21.6 Å². The highest BCUT2D eigenvalue weighted by Gasteiger charge is 2.29. The standard InChI is InChI=1S/C22H22ClN3O5S2/c1-16(26(32(2,28)29)20-12-8-17(23)9-13-20)22(27)24-18-10-14-21(15-11-18)33(30,31)25-19-6-4-3-5-7-19/h3-16,25H,1-2H3,(H,24,27). The maximum atomic E-state index is 12.8. The SMILES string of the molecule is CC(C(=O)Nc1ccc(S(=O)(=O)Nc2ccccc2)cc1)N(c1ccc(Cl)cc1)S(C)(=O)=O. The number of para-hydroxylation sites is 1. The molecule has 0 heterocycles. The van der Waals surface area contributed by atoms with Crippen LogP contribution in [0.2, 0.25) is 5.02 Å². The summed E-state index contributed by atoms with van der Waals surface area (Å²) in [6, 6.07) is 19.0. The summed E-state index contributed by atoms with van der Waals surface area (Å²) in [6.07, 6.45) is 1.00. The van der Waals surface area contributed by atoms with Crippen LogP contribution in [0.1, 0.15) is 6.92 Å². The molecule has 0 bridgehead atoms. The van der Waals surface area contributed by atoms with Crippen molar-refractivity contribution < 1.29 is 21.6 Å². The molecule has 2 N–H and O–H groups in total. The third kappa shape index (κ3) is 6.25. The van der Waals surface area contributed by atoms with Crippen LogP contribution in [0.25, 0.3) is 0 Å². The quantitative estimate of drug-likeness (QED) is 0.479.